The van der Waals surface area contributed by atoms with Crippen LogP contribution in [0.1, 0.15) is 24.5 Å². The molecule has 0 spiro atoms. The Balaban J connectivity index is 1.84. The van der Waals surface area contributed by atoms with Crippen LogP contribution >= 0.6 is 0 Å². The van der Waals surface area contributed by atoms with E-state index in [0.29, 0.717) is 13.1 Å². The molecule has 2 rings (SSSR count). The van der Waals surface area contributed by atoms with E-state index in [4.69, 9.17) is 4.74 Å². The predicted octanol–water partition coefficient (Wildman–Crippen LogP) is 3.42. The molecule has 0 aliphatic heterocycles. The lowest BCUT2D eigenvalue weighted by Crippen LogP contribution is -2.33. The van der Waals surface area contributed by atoms with Crippen molar-refractivity contribution < 1.29 is 14.3 Å². The fourth-order valence-corrected chi connectivity index (χ4v) is 2.62. The lowest BCUT2D eigenvalue weighted by Gasteiger charge is -2.21. The highest BCUT2D eigenvalue weighted by Crippen LogP contribution is 2.14. The fraction of sp³-hybridized carbons (Fsp3) is 0.333. The van der Waals surface area contributed by atoms with Gasteiger partial charge in [-0.25, -0.2) is 0 Å². The van der Waals surface area contributed by atoms with E-state index in [1.54, 1.807) is 12.0 Å². The summed E-state index contributed by atoms with van der Waals surface area (Å²) in [6.45, 7) is 4.50. The zero-order valence-electron chi connectivity index (χ0n) is 15.6. The summed E-state index contributed by atoms with van der Waals surface area (Å²) in [7, 11) is 1.63. The standard InChI is InChI=1S/C21H26N2O3/c1-16-7-9-19(10-8-16)22-21(25)12-14-23(17(2)24)13-11-18-5-4-6-20(15-18)26-3/h4-10,15H,11-14H2,1-3H3,(H,22,25). The number of hydrogen-bond donors (Lipinski definition) is 1. The molecule has 5 heteroatoms. The lowest BCUT2D eigenvalue weighted by atomic mass is 10.1. The minimum atomic E-state index is -0.0958. The van der Waals surface area contributed by atoms with Gasteiger partial charge in [0.05, 0.1) is 7.11 Å². The van der Waals surface area contributed by atoms with Crippen molar-refractivity contribution in [1.29, 1.82) is 0 Å². The molecule has 0 unspecified atom stereocenters. The van der Waals surface area contributed by atoms with E-state index in [-0.39, 0.29) is 18.2 Å². The van der Waals surface area contributed by atoms with Gasteiger partial charge in [0.1, 0.15) is 5.75 Å². The van der Waals surface area contributed by atoms with Crippen LogP contribution in [0.4, 0.5) is 5.69 Å². The number of amides is 2. The molecule has 0 radical (unpaired) electrons. The Bertz CT molecular complexity index is 741. The number of ether oxygens (including phenoxy) is 1. The predicted molar refractivity (Wildman–Crippen MR) is 103 cm³/mol. The molecule has 1 N–H and O–H groups in total. The van der Waals surface area contributed by atoms with Gasteiger partial charge < -0.3 is 15.0 Å². The maximum atomic E-state index is 12.1. The number of nitrogens with one attached hydrogen (secondary N) is 1. The lowest BCUT2D eigenvalue weighted by molar-refractivity contribution is -0.129. The largest absolute Gasteiger partial charge is 0.497 e. The van der Waals surface area contributed by atoms with Gasteiger partial charge in [-0.05, 0) is 43.2 Å². The van der Waals surface area contributed by atoms with E-state index >= 15 is 0 Å². The highest BCUT2D eigenvalue weighted by molar-refractivity contribution is 5.91. The number of carbonyl (C=O) groups is 2. The van der Waals surface area contributed by atoms with Gasteiger partial charge in [0, 0.05) is 32.1 Å². The van der Waals surface area contributed by atoms with Crippen molar-refractivity contribution in [2.24, 2.45) is 0 Å². The zero-order chi connectivity index (χ0) is 18.9. The van der Waals surface area contributed by atoms with Crippen molar-refractivity contribution in [2.45, 2.75) is 26.7 Å². The third-order valence-electron chi connectivity index (χ3n) is 4.19. The molecule has 26 heavy (non-hydrogen) atoms. The Labute approximate surface area is 155 Å². The molecule has 5 nitrogen and oxygen atoms in total. The third-order valence-corrected chi connectivity index (χ3v) is 4.19. The molecule has 0 saturated heterocycles. The first-order valence-electron chi connectivity index (χ1n) is 8.73. The van der Waals surface area contributed by atoms with Crippen molar-refractivity contribution in [1.82, 2.24) is 4.90 Å². The SMILES string of the molecule is COc1cccc(CCN(CCC(=O)Nc2ccc(C)cc2)C(C)=O)c1. The molecule has 0 fully saturated rings. The molecule has 0 aromatic heterocycles. The second-order valence-corrected chi connectivity index (χ2v) is 6.27. The Morgan fingerprint density at radius 1 is 1.08 bits per heavy atom. The Morgan fingerprint density at radius 3 is 2.46 bits per heavy atom. The molecule has 0 atom stereocenters. The van der Waals surface area contributed by atoms with Crippen molar-refractivity contribution in [3.8, 4) is 5.75 Å². The number of aryl methyl sites for hydroxylation is 1. The van der Waals surface area contributed by atoms with Gasteiger partial charge in [-0.3, -0.25) is 9.59 Å². The maximum Gasteiger partial charge on any atom is 0.226 e. The van der Waals surface area contributed by atoms with Crippen molar-refractivity contribution in [3.63, 3.8) is 0 Å². The molecule has 2 aromatic rings. The summed E-state index contributed by atoms with van der Waals surface area (Å²) in [4.78, 5) is 25.7. The molecular formula is C21H26N2O3. The second-order valence-electron chi connectivity index (χ2n) is 6.27. The Kier molecular flexibility index (Phi) is 7.21. The molecule has 0 saturated carbocycles. The summed E-state index contributed by atoms with van der Waals surface area (Å²) >= 11 is 0. The minimum Gasteiger partial charge on any atom is -0.497 e. The van der Waals surface area contributed by atoms with Crippen LogP contribution in [0.25, 0.3) is 0 Å². The smallest absolute Gasteiger partial charge is 0.226 e. The average molecular weight is 354 g/mol. The van der Waals surface area contributed by atoms with Crippen LogP contribution in [0.15, 0.2) is 48.5 Å². The minimum absolute atomic E-state index is 0.0315. The first-order chi connectivity index (χ1) is 12.5. The van der Waals surface area contributed by atoms with E-state index in [9.17, 15) is 9.59 Å². The summed E-state index contributed by atoms with van der Waals surface area (Å²) in [5, 5.41) is 2.86. The van der Waals surface area contributed by atoms with Crippen molar-refractivity contribution >= 4 is 17.5 Å². The molecule has 2 amide bonds. The van der Waals surface area contributed by atoms with Gasteiger partial charge in [0.25, 0.3) is 0 Å². The Morgan fingerprint density at radius 2 is 1.81 bits per heavy atom. The van der Waals surface area contributed by atoms with E-state index < -0.39 is 0 Å². The second kappa shape index (κ2) is 9.61. The van der Waals surface area contributed by atoms with E-state index in [2.05, 4.69) is 5.32 Å². The monoisotopic (exact) mass is 354 g/mol. The van der Waals surface area contributed by atoms with Crippen LogP contribution in [0.5, 0.6) is 5.75 Å². The van der Waals surface area contributed by atoms with Crippen LogP contribution in [-0.4, -0.2) is 36.9 Å². The van der Waals surface area contributed by atoms with Gasteiger partial charge >= 0.3 is 0 Å². The molecule has 138 valence electrons. The number of nitrogens with zero attached hydrogens (tertiary/aromatic N) is 1. The van der Waals surface area contributed by atoms with Crippen molar-refractivity contribution in [3.05, 3.63) is 59.7 Å². The van der Waals surface area contributed by atoms with Gasteiger partial charge in [-0.15, -0.1) is 0 Å². The molecule has 0 aliphatic carbocycles. The van der Waals surface area contributed by atoms with Gasteiger partial charge in [-0.1, -0.05) is 29.8 Å². The van der Waals surface area contributed by atoms with Crippen LogP contribution in [0.2, 0.25) is 0 Å². The van der Waals surface area contributed by atoms with Gasteiger partial charge in [0.15, 0.2) is 0 Å². The third kappa shape index (κ3) is 6.24. The number of rotatable bonds is 8. The molecular weight excluding hydrogens is 328 g/mol. The molecule has 0 aliphatic rings. The number of carbonyl (C=O) groups excluding carboxylic acids is 2. The van der Waals surface area contributed by atoms with Crippen LogP contribution in [-0.2, 0) is 16.0 Å². The average Bonchev–Trinajstić information content (AvgIpc) is 2.63. The van der Waals surface area contributed by atoms with Crippen LogP contribution < -0.4 is 10.1 Å². The maximum absolute atomic E-state index is 12.1. The highest BCUT2D eigenvalue weighted by atomic mass is 16.5. The summed E-state index contributed by atoms with van der Waals surface area (Å²) < 4.78 is 5.22. The van der Waals surface area contributed by atoms with E-state index in [1.165, 1.54) is 6.92 Å². The van der Waals surface area contributed by atoms with E-state index in [0.717, 1.165) is 29.0 Å². The molecule has 0 heterocycles. The van der Waals surface area contributed by atoms with Gasteiger partial charge in [0.2, 0.25) is 11.8 Å². The number of benzene rings is 2. The molecule has 2 aromatic carbocycles. The normalized spacial score (nSPS) is 10.3. The number of anilines is 1. The summed E-state index contributed by atoms with van der Waals surface area (Å²) in [6, 6.07) is 15.4. The topological polar surface area (TPSA) is 58.6 Å². The van der Waals surface area contributed by atoms with Gasteiger partial charge in [-0.2, -0.15) is 0 Å². The van der Waals surface area contributed by atoms with Crippen LogP contribution in [0.3, 0.4) is 0 Å². The molecule has 0 bridgehead atoms. The number of hydrogen-bond acceptors (Lipinski definition) is 3. The fourth-order valence-electron chi connectivity index (χ4n) is 2.62. The van der Waals surface area contributed by atoms with E-state index in [1.807, 2.05) is 55.5 Å². The number of methoxy groups -OCH3 is 1. The zero-order valence-corrected chi connectivity index (χ0v) is 15.6. The summed E-state index contributed by atoms with van der Waals surface area (Å²) in [5.41, 5.74) is 3.01. The van der Waals surface area contributed by atoms with Crippen LogP contribution in [0, 0.1) is 6.92 Å². The highest BCUT2D eigenvalue weighted by Gasteiger charge is 2.12. The summed E-state index contributed by atoms with van der Waals surface area (Å²) in [5.74, 6) is 0.673. The Hall–Kier alpha value is -2.82. The first kappa shape index (κ1) is 19.5. The summed E-state index contributed by atoms with van der Waals surface area (Å²) in [6.07, 6.45) is 0.988. The first-order valence-corrected chi connectivity index (χ1v) is 8.73. The quantitative estimate of drug-likeness (QED) is 0.790. The van der Waals surface area contributed by atoms with Crippen molar-refractivity contribution in [2.75, 3.05) is 25.5 Å².